The van der Waals surface area contributed by atoms with Gasteiger partial charge in [0.25, 0.3) is 9.05 Å². The summed E-state index contributed by atoms with van der Waals surface area (Å²) >= 11 is 0. The Morgan fingerprint density at radius 2 is 1.95 bits per heavy atom. The molecule has 0 heterocycles. The third-order valence-corrected chi connectivity index (χ3v) is 4.05. The van der Waals surface area contributed by atoms with Crippen molar-refractivity contribution in [2.45, 2.75) is 44.4 Å². The molecule has 0 amide bonds. The van der Waals surface area contributed by atoms with Gasteiger partial charge in [-0.25, -0.2) is 8.42 Å². The van der Waals surface area contributed by atoms with E-state index < -0.39 is 9.05 Å². The number of ether oxygens (including phenoxy) is 1. The van der Waals surface area contributed by atoms with Crippen molar-refractivity contribution in [3.8, 4) is 17.6 Å². The van der Waals surface area contributed by atoms with E-state index in [0.29, 0.717) is 18.8 Å². The molecule has 0 N–H and O–H groups in total. The largest absolute Gasteiger partial charge is 0.492 e. The molecule has 0 radical (unpaired) electrons. The van der Waals surface area contributed by atoms with Gasteiger partial charge in [0.1, 0.15) is 5.75 Å². The molecule has 0 aliphatic heterocycles. The Balaban J connectivity index is 3.14. The Kier molecular flexibility index (Phi) is 5.50. The average molecular weight is 315 g/mol. The fraction of sp³-hybridized carbons (Fsp3) is 0.467. The van der Waals surface area contributed by atoms with Gasteiger partial charge in [-0.05, 0) is 30.5 Å². The maximum Gasteiger partial charge on any atom is 0.261 e. The molecule has 0 saturated carbocycles. The summed E-state index contributed by atoms with van der Waals surface area (Å²) in [5.74, 6) is 6.39. The van der Waals surface area contributed by atoms with Crippen LogP contribution in [-0.2, 0) is 14.5 Å². The van der Waals surface area contributed by atoms with Crippen LogP contribution in [0.4, 0.5) is 0 Å². The SMILES string of the molecule is CC#CCCOc1ccc(S(=O)(=O)Cl)cc1C(C)(C)C. The number of hydrogen-bond donors (Lipinski definition) is 0. The molecule has 20 heavy (non-hydrogen) atoms. The van der Waals surface area contributed by atoms with E-state index in [9.17, 15) is 8.42 Å². The van der Waals surface area contributed by atoms with Crippen molar-refractivity contribution in [1.82, 2.24) is 0 Å². The zero-order valence-corrected chi connectivity index (χ0v) is 13.7. The lowest BCUT2D eigenvalue weighted by Gasteiger charge is -2.23. The summed E-state index contributed by atoms with van der Waals surface area (Å²) in [5.41, 5.74) is 0.562. The van der Waals surface area contributed by atoms with Gasteiger partial charge in [-0.1, -0.05) is 20.8 Å². The second-order valence-electron chi connectivity index (χ2n) is 5.37. The molecule has 0 saturated heterocycles. The van der Waals surface area contributed by atoms with Crippen LogP contribution < -0.4 is 4.74 Å². The zero-order chi connectivity index (χ0) is 15.4. The van der Waals surface area contributed by atoms with Gasteiger partial charge < -0.3 is 4.74 Å². The second-order valence-corrected chi connectivity index (χ2v) is 7.94. The van der Waals surface area contributed by atoms with Gasteiger partial charge in [-0.15, -0.1) is 11.8 Å². The minimum Gasteiger partial charge on any atom is -0.492 e. The maximum atomic E-state index is 11.4. The van der Waals surface area contributed by atoms with Crippen LogP contribution in [0, 0.1) is 11.8 Å². The standard InChI is InChI=1S/C15H19ClO3S/c1-5-6-7-10-19-14-9-8-12(20(16,17)18)11-13(14)15(2,3)4/h8-9,11H,7,10H2,1-4H3. The maximum absolute atomic E-state index is 11.4. The van der Waals surface area contributed by atoms with Crippen molar-refractivity contribution < 1.29 is 13.2 Å². The molecule has 1 rings (SSSR count). The summed E-state index contributed by atoms with van der Waals surface area (Å²) in [6.07, 6.45) is 0.635. The summed E-state index contributed by atoms with van der Waals surface area (Å²) < 4.78 is 28.6. The first-order chi connectivity index (χ1) is 9.16. The van der Waals surface area contributed by atoms with E-state index >= 15 is 0 Å². The number of hydrogen-bond acceptors (Lipinski definition) is 3. The van der Waals surface area contributed by atoms with E-state index in [0.717, 1.165) is 5.56 Å². The van der Waals surface area contributed by atoms with Crippen molar-refractivity contribution >= 4 is 19.7 Å². The van der Waals surface area contributed by atoms with E-state index in [-0.39, 0.29) is 10.3 Å². The lowest BCUT2D eigenvalue weighted by atomic mass is 9.86. The van der Waals surface area contributed by atoms with E-state index in [1.807, 2.05) is 20.8 Å². The molecular weight excluding hydrogens is 296 g/mol. The van der Waals surface area contributed by atoms with Gasteiger partial charge in [-0.3, -0.25) is 0 Å². The third-order valence-electron chi connectivity index (χ3n) is 2.70. The minimum absolute atomic E-state index is 0.0878. The lowest BCUT2D eigenvalue weighted by Crippen LogP contribution is -2.14. The molecule has 3 nitrogen and oxygen atoms in total. The van der Waals surface area contributed by atoms with E-state index in [1.54, 1.807) is 19.1 Å². The molecule has 0 aliphatic carbocycles. The third kappa shape index (κ3) is 4.73. The van der Waals surface area contributed by atoms with Crippen LogP contribution in [-0.4, -0.2) is 15.0 Å². The quantitative estimate of drug-likeness (QED) is 0.483. The molecule has 1 aromatic rings. The fourth-order valence-electron chi connectivity index (χ4n) is 1.71. The Bertz CT molecular complexity index is 631. The molecule has 0 aliphatic rings. The van der Waals surface area contributed by atoms with Gasteiger partial charge in [0.2, 0.25) is 0 Å². The molecule has 110 valence electrons. The number of benzene rings is 1. The average Bonchev–Trinajstić information content (AvgIpc) is 2.32. The van der Waals surface area contributed by atoms with Crippen LogP contribution >= 0.6 is 10.7 Å². The molecule has 0 aromatic heterocycles. The molecule has 5 heteroatoms. The zero-order valence-electron chi connectivity index (χ0n) is 12.2. The summed E-state index contributed by atoms with van der Waals surface area (Å²) in [6, 6.07) is 4.68. The Labute approximate surface area is 125 Å². The van der Waals surface area contributed by atoms with Gasteiger partial charge in [0.15, 0.2) is 0 Å². The molecule has 0 bridgehead atoms. The molecule has 1 aromatic carbocycles. The summed E-state index contributed by atoms with van der Waals surface area (Å²) in [7, 11) is 1.65. The molecule has 0 unspecified atom stereocenters. The van der Waals surface area contributed by atoms with Crippen LogP contribution in [0.25, 0.3) is 0 Å². The van der Waals surface area contributed by atoms with Crippen molar-refractivity contribution in [1.29, 1.82) is 0 Å². The van der Waals surface area contributed by atoms with E-state index in [1.165, 1.54) is 6.07 Å². The second kappa shape index (κ2) is 6.51. The van der Waals surface area contributed by atoms with Crippen LogP contribution in [0.2, 0.25) is 0 Å². The van der Waals surface area contributed by atoms with Crippen LogP contribution in [0.5, 0.6) is 5.75 Å². The minimum atomic E-state index is -3.74. The highest BCUT2D eigenvalue weighted by Crippen LogP contribution is 2.34. The van der Waals surface area contributed by atoms with Crippen molar-refractivity contribution in [3.63, 3.8) is 0 Å². The predicted molar refractivity (Wildman–Crippen MR) is 81.7 cm³/mol. The van der Waals surface area contributed by atoms with Crippen LogP contribution in [0.15, 0.2) is 23.1 Å². The summed E-state index contributed by atoms with van der Waals surface area (Å²) in [6.45, 7) is 8.22. The smallest absolute Gasteiger partial charge is 0.261 e. The molecule has 0 spiro atoms. The lowest BCUT2D eigenvalue weighted by molar-refractivity contribution is 0.317. The number of halogens is 1. The Morgan fingerprint density at radius 1 is 1.30 bits per heavy atom. The number of rotatable bonds is 4. The summed E-state index contributed by atoms with van der Waals surface area (Å²) in [4.78, 5) is 0.0878. The normalized spacial score (nSPS) is 11.7. The molecular formula is C15H19ClO3S. The highest BCUT2D eigenvalue weighted by Gasteiger charge is 2.22. The first-order valence-corrected chi connectivity index (χ1v) is 8.59. The first-order valence-electron chi connectivity index (χ1n) is 6.28. The van der Waals surface area contributed by atoms with Crippen LogP contribution in [0.1, 0.15) is 39.7 Å². The van der Waals surface area contributed by atoms with Gasteiger partial charge >= 0.3 is 0 Å². The highest BCUT2D eigenvalue weighted by atomic mass is 35.7. The Hall–Kier alpha value is -1.18. The first kappa shape index (κ1) is 16.9. The van der Waals surface area contributed by atoms with Gasteiger partial charge in [0.05, 0.1) is 11.5 Å². The van der Waals surface area contributed by atoms with Gasteiger partial charge in [-0.2, -0.15) is 0 Å². The van der Waals surface area contributed by atoms with Crippen molar-refractivity contribution in [2.24, 2.45) is 0 Å². The summed E-state index contributed by atoms with van der Waals surface area (Å²) in [5, 5.41) is 0. The topological polar surface area (TPSA) is 43.4 Å². The Morgan fingerprint density at radius 3 is 2.45 bits per heavy atom. The predicted octanol–water partition coefficient (Wildman–Crippen LogP) is 3.70. The van der Waals surface area contributed by atoms with E-state index in [2.05, 4.69) is 11.8 Å². The fourth-order valence-corrected chi connectivity index (χ4v) is 2.49. The monoisotopic (exact) mass is 314 g/mol. The van der Waals surface area contributed by atoms with Crippen molar-refractivity contribution in [2.75, 3.05) is 6.61 Å². The van der Waals surface area contributed by atoms with Crippen LogP contribution in [0.3, 0.4) is 0 Å². The molecule has 0 fully saturated rings. The highest BCUT2D eigenvalue weighted by molar-refractivity contribution is 8.13. The van der Waals surface area contributed by atoms with Gasteiger partial charge in [0, 0.05) is 22.7 Å². The van der Waals surface area contributed by atoms with E-state index in [4.69, 9.17) is 15.4 Å². The van der Waals surface area contributed by atoms with Crippen molar-refractivity contribution in [3.05, 3.63) is 23.8 Å². The molecule has 0 atom stereocenters.